The summed E-state index contributed by atoms with van der Waals surface area (Å²) < 4.78 is 23.0. The van der Waals surface area contributed by atoms with E-state index in [1.165, 1.54) is 6.92 Å². The molecule has 0 amide bonds. The molecule has 2 N–H and O–H groups in total. The Labute approximate surface area is 53.7 Å². The highest BCUT2D eigenvalue weighted by atomic mass is 35.5. The first-order valence-electron chi connectivity index (χ1n) is 2.14. The van der Waals surface area contributed by atoms with E-state index in [2.05, 4.69) is 5.73 Å². The van der Waals surface area contributed by atoms with E-state index >= 15 is 0 Å². The lowest BCUT2D eigenvalue weighted by molar-refractivity contribution is 0.211. The van der Waals surface area contributed by atoms with Gasteiger partial charge in [0.05, 0.1) is 6.67 Å². The summed E-state index contributed by atoms with van der Waals surface area (Å²) in [6, 6.07) is 0. The Morgan fingerprint density at radius 1 is 1.62 bits per heavy atom. The monoisotopic (exact) mass is 145 g/mol. The zero-order valence-electron chi connectivity index (χ0n) is 4.60. The van der Waals surface area contributed by atoms with Gasteiger partial charge in [-0.2, -0.15) is 0 Å². The summed E-state index contributed by atoms with van der Waals surface area (Å²) in [6.07, 6.45) is -1.51. The molecule has 0 saturated heterocycles. The zero-order chi connectivity index (χ0) is 5.86. The number of halogens is 3. The van der Waals surface area contributed by atoms with Gasteiger partial charge in [-0.3, -0.25) is 4.39 Å². The van der Waals surface area contributed by atoms with Crippen LogP contribution in [0.2, 0.25) is 0 Å². The molecular formula is C4H10ClF2N. The van der Waals surface area contributed by atoms with Crippen LogP contribution in [0.25, 0.3) is 0 Å². The van der Waals surface area contributed by atoms with E-state index in [4.69, 9.17) is 0 Å². The summed E-state index contributed by atoms with van der Waals surface area (Å²) in [4.78, 5) is 0. The average Bonchev–Trinajstić information content (AvgIpc) is 1.65. The van der Waals surface area contributed by atoms with Gasteiger partial charge in [0.15, 0.2) is 6.30 Å². The van der Waals surface area contributed by atoms with Crippen molar-refractivity contribution in [3.63, 3.8) is 0 Å². The maximum Gasteiger partial charge on any atom is 0.153 e. The molecule has 0 radical (unpaired) electrons. The first-order valence-corrected chi connectivity index (χ1v) is 2.14. The zero-order valence-corrected chi connectivity index (χ0v) is 5.42. The van der Waals surface area contributed by atoms with Gasteiger partial charge in [-0.05, 0) is 0 Å². The first-order chi connectivity index (χ1) is 3.18. The topological polar surface area (TPSA) is 26.0 Å². The molecule has 52 valence electrons. The fraction of sp³-hybridized carbons (Fsp3) is 1.00. The van der Waals surface area contributed by atoms with Gasteiger partial charge in [0.25, 0.3) is 0 Å². The number of nitrogens with two attached hydrogens (primary N) is 1. The summed E-state index contributed by atoms with van der Waals surface area (Å²) in [5.41, 5.74) is 4.64. The Hall–Kier alpha value is 0.110. The van der Waals surface area contributed by atoms with Crippen LogP contribution in [0, 0.1) is 5.92 Å². The minimum absolute atomic E-state index is 0. The van der Waals surface area contributed by atoms with Crippen LogP contribution in [0.1, 0.15) is 6.92 Å². The van der Waals surface area contributed by atoms with Crippen LogP contribution in [-0.4, -0.2) is 13.0 Å². The van der Waals surface area contributed by atoms with E-state index in [0.29, 0.717) is 0 Å². The van der Waals surface area contributed by atoms with Crippen molar-refractivity contribution in [3.8, 4) is 0 Å². The molecule has 0 aromatic rings. The van der Waals surface area contributed by atoms with Gasteiger partial charge in [-0.1, -0.05) is 6.92 Å². The SMILES string of the molecule is CC(CF)C(N)F.Cl. The number of alkyl halides is 2. The maximum absolute atomic E-state index is 11.6. The van der Waals surface area contributed by atoms with Gasteiger partial charge < -0.3 is 5.73 Å². The predicted octanol–water partition coefficient (Wildman–Crippen LogP) is 1.27. The van der Waals surface area contributed by atoms with Gasteiger partial charge >= 0.3 is 0 Å². The third kappa shape index (κ3) is 4.27. The lowest BCUT2D eigenvalue weighted by Gasteiger charge is -2.04. The van der Waals surface area contributed by atoms with Crippen LogP contribution in [-0.2, 0) is 0 Å². The standard InChI is InChI=1S/C4H9F2N.ClH/c1-3(2-5)4(6)7;/h3-4H,2,7H2,1H3;1H. The van der Waals surface area contributed by atoms with Crippen LogP contribution >= 0.6 is 12.4 Å². The third-order valence-corrected chi connectivity index (χ3v) is 0.787. The van der Waals surface area contributed by atoms with Crippen molar-refractivity contribution in [1.29, 1.82) is 0 Å². The molecule has 0 aromatic heterocycles. The van der Waals surface area contributed by atoms with Gasteiger partial charge in [-0.25, -0.2) is 4.39 Å². The molecule has 4 heteroatoms. The largest absolute Gasteiger partial charge is 0.301 e. The molecule has 0 aliphatic rings. The second kappa shape index (κ2) is 5.25. The minimum atomic E-state index is -1.51. The number of hydrogen-bond donors (Lipinski definition) is 1. The second-order valence-electron chi connectivity index (χ2n) is 1.58. The molecule has 0 aromatic carbocycles. The van der Waals surface area contributed by atoms with E-state index in [1.54, 1.807) is 0 Å². The quantitative estimate of drug-likeness (QED) is 0.582. The molecule has 8 heavy (non-hydrogen) atoms. The van der Waals surface area contributed by atoms with E-state index < -0.39 is 18.9 Å². The van der Waals surface area contributed by atoms with Crippen LogP contribution < -0.4 is 5.73 Å². The molecule has 0 aliphatic heterocycles. The molecule has 0 aliphatic carbocycles. The molecule has 0 bridgehead atoms. The van der Waals surface area contributed by atoms with Crippen molar-refractivity contribution in [2.24, 2.45) is 11.7 Å². The normalized spacial score (nSPS) is 16.5. The summed E-state index contributed by atoms with van der Waals surface area (Å²) in [6.45, 7) is 0.738. The molecule has 0 rings (SSSR count). The summed E-state index contributed by atoms with van der Waals surface area (Å²) in [7, 11) is 0. The van der Waals surface area contributed by atoms with Crippen LogP contribution in [0.3, 0.4) is 0 Å². The van der Waals surface area contributed by atoms with E-state index in [-0.39, 0.29) is 12.4 Å². The smallest absolute Gasteiger partial charge is 0.153 e. The van der Waals surface area contributed by atoms with Gasteiger partial charge in [0.1, 0.15) is 0 Å². The van der Waals surface area contributed by atoms with Crippen LogP contribution in [0.5, 0.6) is 0 Å². The molecule has 0 spiro atoms. The Kier molecular flexibility index (Phi) is 7.21. The summed E-state index contributed by atoms with van der Waals surface area (Å²) in [5.74, 6) is -0.653. The fourth-order valence-corrected chi connectivity index (χ4v) is 0.0851. The second-order valence-corrected chi connectivity index (χ2v) is 1.58. The lowest BCUT2D eigenvalue weighted by atomic mass is 10.2. The van der Waals surface area contributed by atoms with Crippen molar-refractivity contribution in [2.45, 2.75) is 13.2 Å². The molecule has 2 atom stereocenters. The third-order valence-electron chi connectivity index (χ3n) is 0.787. The lowest BCUT2D eigenvalue weighted by Crippen LogP contribution is -2.23. The van der Waals surface area contributed by atoms with Crippen molar-refractivity contribution in [3.05, 3.63) is 0 Å². The van der Waals surface area contributed by atoms with Crippen molar-refractivity contribution >= 4 is 12.4 Å². The van der Waals surface area contributed by atoms with E-state index in [9.17, 15) is 8.78 Å². The Morgan fingerprint density at radius 3 is 2.00 bits per heavy atom. The highest BCUT2D eigenvalue weighted by Crippen LogP contribution is 2.00. The highest BCUT2D eigenvalue weighted by molar-refractivity contribution is 5.85. The molecule has 0 heterocycles. The molecule has 1 nitrogen and oxygen atoms in total. The molecule has 0 fully saturated rings. The Morgan fingerprint density at radius 2 is 2.00 bits per heavy atom. The Balaban J connectivity index is 0. The van der Waals surface area contributed by atoms with Crippen LogP contribution in [0.15, 0.2) is 0 Å². The highest BCUT2D eigenvalue weighted by Gasteiger charge is 2.08. The molecular weight excluding hydrogens is 136 g/mol. The fourth-order valence-electron chi connectivity index (χ4n) is 0.0851. The predicted molar refractivity (Wildman–Crippen MR) is 31.5 cm³/mol. The van der Waals surface area contributed by atoms with E-state index in [1.807, 2.05) is 0 Å². The number of hydrogen-bond acceptors (Lipinski definition) is 1. The summed E-state index contributed by atoms with van der Waals surface area (Å²) >= 11 is 0. The average molecular weight is 146 g/mol. The minimum Gasteiger partial charge on any atom is -0.301 e. The first kappa shape index (κ1) is 11.0. The number of rotatable bonds is 2. The van der Waals surface area contributed by atoms with E-state index in [0.717, 1.165) is 0 Å². The van der Waals surface area contributed by atoms with Gasteiger partial charge in [0.2, 0.25) is 0 Å². The van der Waals surface area contributed by atoms with Crippen molar-refractivity contribution in [2.75, 3.05) is 6.67 Å². The van der Waals surface area contributed by atoms with Gasteiger partial charge in [-0.15, -0.1) is 12.4 Å². The molecule has 0 saturated carbocycles. The Bertz CT molecular complexity index is 51.3. The van der Waals surface area contributed by atoms with Crippen molar-refractivity contribution in [1.82, 2.24) is 0 Å². The molecule has 2 unspecified atom stereocenters. The van der Waals surface area contributed by atoms with Crippen LogP contribution in [0.4, 0.5) is 8.78 Å². The van der Waals surface area contributed by atoms with Gasteiger partial charge in [0, 0.05) is 5.92 Å². The van der Waals surface area contributed by atoms with Crippen molar-refractivity contribution < 1.29 is 8.78 Å². The summed E-state index contributed by atoms with van der Waals surface area (Å²) in [5, 5.41) is 0. The maximum atomic E-state index is 11.6.